The lowest BCUT2D eigenvalue weighted by molar-refractivity contribution is -0.138. The van der Waals surface area contributed by atoms with E-state index >= 15 is 0 Å². The molecule has 140 valence electrons. The normalized spacial score (nSPS) is 15.8. The molecule has 7 heteroatoms. The molecule has 0 radical (unpaired) electrons. The molecule has 2 amide bonds. The molecule has 0 saturated carbocycles. The number of benzene rings is 1. The molecule has 1 aliphatic heterocycles. The van der Waals surface area contributed by atoms with Gasteiger partial charge >= 0.3 is 5.97 Å². The number of hydrogen-bond donors (Lipinski definition) is 0. The first-order valence-corrected chi connectivity index (χ1v) is 8.32. The van der Waals surface area contributed by atoms with Gasteiger partial charge in [-0.1, -0.05) is 18.2 Å². The first-order valence-electron chi connectivity index (χ1n) is 8.32. The van der Waals surface area contributed by atoms with Crippen LogP contribution in [0.3, 0.4) is 0 Å². The summed E-state index contributed by atoms with van der Waals surface area (Å²) in [5.41, 5.74) is 1.30. The Labute approximate surface area is 161 Å². The number of carbonyl (C=O) groups is 3. The highest BCUT2D eigenvalue weighted by Crippen LogP contribution is 2.30. The second-order valence-corrected chi connectivity index (χ2v) is 6.08. The van der Waals surface area contributed by atoms with Crippen LogP contribution < -0.4 is 0 Å². The molecule has 0 fully saturated rings. The summed E-state index contributed by atoms with van der Waals surface area (Å²) < 4.78 is 10.6. The van der Waals surface area contributed by atoms with E-state index in [1.165, 1.54) is 20.2 Å². The van der Waals surface area contributed by atoms with Gasteiger partial charge < -0.3 is 9.15 Å². The second kappa shape index (κ2) is 7.37. The summed E-state index contributed by atoms with van der Waals surface area (Å²) in [6.07, 6.45) is 1.47. The van der Waals surface area contributed by atoms with Crippen LogP contribution in [-0.4, -0.2) is 36.8 Å². The SMILES string of the molecule is COC(=O)c1ccccc1-c1ccc(/C=C2\C(=O)N(C)C(=O)C(C#N)=C2C)o1. The topological polar surface area (TPSA) is 101 Å². The Balaban J connectivity index is 2.06. The fraction of sp³-hybridized carbons (Fsp3) is 0.143. The molecule has 28 heavy (non-hydrogen) atoms. The number of esters is 1. The zero-order valence-corrected chi connectivity index (χ0v) is 15.5. The summed E-state index contributed by atoms with van der Waals surface area (Å²) in [6, 6.07) is 12.0. The third-order valence-corrected chi connectivity index (χ3v) is 4.46. The molecule has 0 unspecified atom stereocenters. The van der Waals surface area contributed by atoms with Crippen molar-refractivity contribution in [2.24, 2.45) is 0 Å². The standard InChI is InChI=1S/C21H16N2O5/c1-12-16(19(24)23(2)20(25)17(12)11-22)10-13-8-9-18(28-13)14-6-4-5-7-15(14)21(26)27-3/h4-10H,1-3H3/b16-10-. The summed E-state index contributed by atoms with van der Waals surface area (Å²) in [7, 11) is 2.62. The van der Waals surface area contributed by atoms with Crippen molar-refractivity contribution in [1.82, 2.24) is 4.90 Å². The monoisotopic (exact) mass is 376 g/mol. The van der Waals surface area contributed by atoms with E-state index in [2.05, 4.69) is 0 Å². The van der Waals surface area contributed by atoms with E-state index in [0.717, 1.165) is 4.90 Å². The molecule has 2 heterocycles. The molecule has 0 spiro atoms. The minimum absolute atomic E-state index is 0.0869. The van der Waals surface area contributed by atoms with Crippen LogP contribution in [0.15, 0.2) is 57.5 Å². The molecule has 3 rings (SSSR count). The molecule has 0 N–H and O–H groups in total. The molecule has 0 saturated heterocycles. The van der Waals surface area contributed by atoms with Crippen molar-refractivity contribution in [3.63, 3.8) is 0 Å². The number of rotatable bonds is 3. The molecular formula is C21H16N2O5. The van der Waals surface area contributed by atoms with Gasteiger partial charge in [-0.05, 0) is 36.8 Å². The predicted molar refractivity (Wildman–Crippen MR) is 99.6 cm³/mol. The number of nitriles is 1. The van der Waals surface area contributed by atoms with Crippen LogP contribution in [0, 0.1) is 11.3 Å². The molecule has 1 aromatic carbocycles. The number of likely N-dealkylation sites (N-methyl/N-ethyl adjacent to an activating group) is 1. The number of furan rings is 1. The van der Waals surface area contributed by atoms with E-state index in [-0.39, 0.29) is 11.1 Å². The quantitative estimate of drug-likeness (QED) is 0.464. The van der Waals surface area contributed by atoms with Crippen molar-refractivity contribution >= 4 is 23.9 Å². The van der Waals surface area contributed by atoms with Gasteiger partial charge in [-0.25, -0.2) is 4.79 Å². The Morgan fingerprint density at radius 1 is 1.18 bits per heavy atom. The molecule has 0 atom stereocenters. The third-order valence-electron chi connectivity index (χ3n) is 4.46. The summed E-state index contributed by atoms with van der Waals surface area (Å²) in [5.74, 6) is -0.879. The van der Waals surface area contributed by atoms with Crippen molar-refractivity contribution in [2.45, 2.75) is 6.92 Å². The lowest BCUT2D eigenvalue weighted by Gasteiger charge is -2.23. The maximum Gasteiger partial charge on any atom is 0.338 e. The summed E-state index contributed by atoms with van der Waals surface area (Å²) in [5, 5.41) is 9.22. The zero-order chi connectivity index (χ0) is 20.4. The highest BCUT2D eigenvalue weighted by atomic mass is 16.5. The lowest BCUT2D eigenvalue weighted by Crippen LogP contribution is -2.39. The van der Waals surface area contributed by atoms with Crippen LogP contribution in [0.4, 0.5) is 0 Å². The zero-order valence-electron chi connectivity index (χ0n) is 15.5. The van der Waals surface area contributed by atoms with Crippen LogP contribution in [0.25, 0.3) is 17.4 Å². The maximum absolute atomic E-state index is 12.5. The first kappa shape index (κ1) is 18.9. The van der Waals surface area contributed by atoms with E-state index < -0.39 is 17.8 Å². The maximum atomic E-state index is 12.5. The number of methoxy groups -OCH3 is 1. The first-order chi connectivity index (χ1) is 13.4. The number of carbonyl (C=O) groups excluding carboxylic acids is 3. The molecule has 1 aromatic heterocycles. The number of ether oxygens (including phenoxy) is 1. The van der Waals surface area contributed by atoms with Gasteiger partial charge in [0.05, 0.1) is 12.7 Å². The second-order valence-electron chi connectivity index (χ2n) is 6.08. The van der Waals surface area contributed by atoms with E-state index in [9.17, 15) is 19.6 Å². The Hall–Kier alpha value is -3.92. The molecule has 7 nitrogen and oxygen atoms in total. The Morgan fingerprint density at radius 2 is 1.89 bits per heavy atom. The van der Waals surface area contributed by atoms with E-state index in [1.54, 1.807) is 43.3 Å². The van der Waals surface area contributed by atoms with Crippen molar-refractivity contribution < 1.29 is 23.5 Å². The van der Waals surface area contributed by atoms with Crippen LogP contribution in [0.1, 0.15) is 23.0 Å². The van der Waals surface area contributed by atoms with Gasteiger partial charge in [-0.15, -0.1) is 0 Å². The average molecular weight is 376 g/mol. The summed E-state index contributed by atoms with van der Waals surface area (Å²) in [4.78, 5) is 37.3. The van der Waals surface area contributed by atoms with Gasteiger partial charge in [0, 0.05) is 18.2 Å². The smallest absolute Gasteiger partial charge is 0.338 e. The van der Waals surface area contributed by atoms with Gasteiger partial charge in [0.1, 0.15) is 23.2 Å². The van der Waals surface area contributed by atoms with Gasteiger partial charge in [-0.2, -0.15) is 5.26 Å². The van der Waals surface area contributed by atoms with Gasteiger partial charge in [0.2, 0.25) is 0 Å². The molecule has 0 bridgehead atoms. The van der Waals surface area contributed by atoms with Crippen molar-refractivity contribution in [3.05, 3.63) is 64.4 Å². The van der Waals surface area contributed by atoms with Gasteiger partial charge in [0.15, 0.2) is 0 Å². The summed E-state index contributed by atoms with van der Waals surface area (Å²) in [6.45, 7) is 1.55. The van der Waals surface area contributed by atoms with Crippen molar-refractivity contribution in [2.75, 3.05) is 14.2 Å². The number of nitrogens with zero attached hydrogens (tertiary/aromatic N) is 2. The minimum atomic E-state index is -0.630. The van der Waals surface area contributed by atoms with E-state index in [4.69, 9.17) is 9.15 Å². The number of imide groups is 1. The van der Waals surface area contributed by atoms with Crippen molar-refractivity contribution in [3.8, 4) is 17.4 Å². The average Bonchev–Trinajstić information content (AvgIpc) is 3.18. The fourth-order valence-electron chi connectivity index (χ4n) is 2.90. The summed E-state index contributed by atoms with van der Waals surface area (Å²) >= 11 is 0. The van der Waals surface area contributed by atoms with E-state index in [0.29, 0.717) is 28.2 Å². The van der Waals surface area contributed by atoms with Crippen LogP contribution >= 0.6 is 0 Å². The third kappa shape index (κ3) is 3.12. The largest absolute Gasteiger partial charge is 0.465 e. The number of amides is 2. The van der Waals surface area contributed by atoms with Gasteiger partial charge in [-0.3, -0.25) is 14.5 Å². The minimum Gasteiger partial charge on any atom is -0.465 e. The van der Waals surface area contributed by atoms with Crippen LogP contribution in [0.2, 0.25) is 0 Å². The highest BCUT2D eigenvalue weighted by Gasteiger charge is 2.33. The highest BCUT2D eigenvalue weighted by molar-refractivity contribution is 6.19. The molecule has 0 aliphatic carbocycles. The van der Waals surface area contributed by atoms with E-state index in [1.807, 2.05) is 6.07 Å². The molecular weight excluding hydrogens is 360 g/mol. The Morgan fingerprint density at radius 3 is 2.57 bits per heavy atom. The molecule has 1 aliphatic rings. The lowest BCUT2D eigenvalue weighted by atomic mass is 9.95. The Bertz CT molecular complexity index is 1100. The van der Waals surface area contributed by atoms with Crippen LogP contribution in [-0.2, 0) is 14.3 Å². The molecule has 2 aromatic rings. The van der Waals surface area contributed by atoms with Gasteiger partial charge in [0.25, 0.3) is 11.8 Å². The fourth-order valence-corrected chi connectivity index (χ4v) is 2.90. The predicted octanol–water partition coefficient (Wildman–Crippen LogP) is 2.96. The Kier molecular flexibility index (Phi) is 4.96. The van der Waals surface area contributed by atoms with Crippen LogP contribution in [0.5, 0.6) is 0 Å². The number of hydrogen-bond acceptors (Lipinski definition) is 6. The van der Waals surface area contributed by atoms with Crippen molar-refractivity contribution in [1.29, 1.82) is 5.26 Å².